The van der Waals surface area contributed by atoms with E-state index in [1.807, 2.05) is 11.3 Å². The molecular formula is C18H18N4O4S. The smallest absolute Gasteiger partial charge is 0.270 e. The molecule has 2 aromatic heterocycles. The number of fused-ring (bicyclic) bond motifs is 1. The third kappa shape index (κ3) is 3.43. The number of nitro groups is 1. The third-order valence-corrected chi connectivity index (χ3v) is 5.79. The van der Waals surface area contributed by atoms with Gasteiger partial charge in [-0.25, -0.2) is 4.98 Å². The summed E-state index contributed by atoms with van der Waals surface area (Å²) in [4.78, 5) is 28.9. The van der Waals surface area contributed by atoms with E-state index in [0.29, 0.717) is 27.6 Å². The molecule has 8 nitrogen and oxygen atoms in total. The van der Waals surface area contributed by atoms with Crippen LogP contribution in [0.4, 0.5) is 5.69 Å². The number of nitrogens with one attached hydrogen (secondary N) is 1. The van der Waals surface area contributed by atoms with Crippen LogP contribution in [0.3, 0.4) is 0 Å². The van der Waals surface area contributed by atoms with Crippen molar-refractivity contribution in [1.82, 2.24) is 14.7 Å². The first-order valence-corrected chi connectivity index (χ1v) is 9.47. The van der Waals surface area contributed by atoms with Crippen LogP contribution in [0.15, 0.2) is 30.5 Å². The molecule has 140 valence electrons. The Hall–Kier alpha value is -2.78. The van der Waals surface area contributed by atoms with Crippen molar-refractivity contribution in [1.29, 1.82) is 0 Å². The monoisotopic (exact) mass is 386 g/mol. The van der Waals surface area contributed by atoms with E-state index >= 15 is 0 Å². The number of ether oxygens (including phenoxy) is 1. The largest absolute Gasteiger partial charge is 0.376 e. The maximum Gasteiger partial charge on any atom is 0.270 e. The molecular weight excluding hydrogens is 368 g/mol. The quantitative estimate of drug-likeness (QED) is 0.536. The Labute approximate surface area is 158 Å². The summed E-state index contributed by atoms with van der Waals surface area (Å²) in [5, 5.41) is 13.9. The van der Waals surface area contributed by atoms with Gasteiger partial charge in [0, 0.05) is 42.7 Å². The average Bonchev–Trinajstić information content (AvgIpc) is 3.38. The van der Waals surface area contributed by atoms with Gasteiger partial charge in [0.2, 0.25) is 0 Å². The molecule has 1 fully saturated rings. The average molecular weight is 386 g/mol. The van der Waals surface area contributed by atoms with Gasteiger partial charge in [-0.05, 0) is 19.8 Å². The van der Waals surface area contributed by atoms with E-state index in [2.05, 4.69) is 10.3 Å². The highest BCUT2D eigenvalue weighted by Gasteiger charge is 2.21. The molecule has 1 aliphatic rings. The Morgan fingerprint density at radius 1 is 1.52 bits per heavy atom. The van der Waals surface area contributed by atoms with Gasteiger partial charge in [0.1, 0.15) is 4.88 Å². The van der Waals surface area contributed by atoms with Gasteiger partial charge in [-0.1, -0.05) is 23.5 Å². The van der Waals surface area contributed by atoms with Crippen LogP contribution in [0.25, 0.3) is 16.2 Å². The van der Waals surface area contributed by atoms with E-state index in [-0.39, 0.29) is 17.7 Å². The van der Waals surface area contributed by atoms with Crippen LogP contribution < -0.4 is 5.32 Å². The Morgan fingerprint density at radius 2 is 2.37 bits per heavy atom. The molecule has 0 bridgehead atoms. The van der Waals surface area contributed by atoms with Crippen molar-refractivity contribution >= 4 is 27.9 Å². The highest BCUT2D eigenvalue weighted by Crippen LogP contribution is 2.28. The minimum Gasteiger partial charge on any atom is -0.376 e. The Morgan fingerprint density at radius 3 is 3.07 bits per heavy atom. The van der Waals surface area contributed by atoms with Crippen LogP contribution in [0.2, 0.25) is 0 Å². The first-order chi connectivity index (χ1) is 13.0. The summed E-state index contributed by atoms with van der Waals surface area (Å²) in [5.74, 6) is -0.129. The lowest BCUT2D eigenvalue weighted by atomic mass is 10.1. The van der Waals surface area contributed by atoms with Gasteiger partial charge in [-0.3, -0.25) is 19.3 Å². The molecule has 9 heteroatoms. The van der Waals surface area contributed by atoms with E-state index in [1.165, 1.54) is 23.5 Å². The minimum absolute atomic E-state index is 0.0229. The molecule has 0 saturated carbocycles. The molecule has 0 spiro atoms. The molecule has 1 N–H and O–H groups in total. The van der Waals surface area contributed by atoms with Crippen LogP contribution in [0, 0.1) is 17.0 Å². The number of aromatic nitrogens is 2. The molecule has 1 aliphatic heterocycles. The van der Waals surface area contributed by atoms with E-state index in [1.54, 1.807) is 18.3 Å². The van der Waals surface area contributed by atoms with Crippen molar-refractivity contribution < 1.29 is 14.5 Å². The van der Waals surface area contributed by atoms with Gasteiger partial charge in [-0.15, -0.1) is 0 Å². The molecule has 0 radical (unpaired) electrons. The number of rotatable bonds is 5. The predicted octanol–water partition coefficient (Wildman–Crippen LogP) is 3.19. The summed E-state index contributed by atoms with van der Waals surface area (Å²) in [7, 11) is 0. The van der Waals surface area contributed by atoms with E-state index in [4.69, 9.17) is 4.74 Å². The molecule has 3 aromatic rings. The van der Waals surface area contributed by atoms with Crippen molar-refractivity contribution in [3.8, 4) is 11.3 Å². The van der Waals surface area contributed by atoms with E-state index in [0.717, 1.165) is 25.1 Å². The Balaban J connectivity index is 1.57. The molecule has 1 atom stereocenters. The number of thiazole rings is 1. The van der Waals surface area contributed by atoms with Crippen molar-refractivity contribution in [3.63, 3.8) is 0 Å². The fourth-order valence-electron chi connectivity index (χ4n) is 3.17. The summed E-state index contributed by atoms with van der Waals surface area (Å²) in [5.41, 5.74) is 2.13. The fourth-order valence-corrected chi connectivity index (χ4v) is 4.20. The zero-order valence-corrected chi connectivity index (χ0v) is 15.5. The topological polar surface area (TPSA) is 98.8 Å². The highest BCUT2D eigenvalue weighted by molar-refractivity contribution is 7.19. The fraction of sp³-hybridized carbons (Fsp3) is 0.333. The maximum atomic E-state index is 12.5. The Kier molecular flexibility index (Phi) is 4.63. The standard InChI is InChI=1S/C18H18N4O4S/c1-11-16(17(23)19-9-14-6-3-7-26-14)27-18-20-15(10-21(11)18)12-4-2-5-13(8-12)22(24)25/h2,4-5,8,10,14H,3,6-7,9H2,1H3,(H,19,23). The molecule has 27 heavy (non-hydrogen) atoms. The normalized spacial score (nSPS) is 16.7. The minimum atomic E-state index is -0.427. The number of nitro benzene ring substituents is 1. The molecule has 1 unspecified atom stereocenters. The first-order valence-electron chi connectivity index (χ1n) is 8.66. The second kappa shape index (κ2) is 7.09. The van der Waals surface area contributed by atoms with Gasteiger partial charge >= 0.3 is 0 Å². The van der Waals surface area contributed by atoms with Gasteiger partial charge in [0.25, 0.3) is 11.6 Å². The number of hydrogen-bond acceptors (Lipinski definition) is 6. The zero-order chi connectivity index (χ0) is 19.0. The third-order valence-electron chi connectivity index (χ3n) is 4.63. The first kappa shape index (κ1) is 17.6. The summed E-state index contributed by atoms with van der Waals surface area (Å²) in [6.45, 7) is 3.13. The van der Waals surface area contributed by atoms with Gasteiger partial charge < -0.3 is 10.1 Å². The SMILES string of the molecule is Cc1c(C(=O)NCC2CCCO2)sc2nc(-c3cccc([N+](=O)[O-])c3)cn12. The molecule has 1 saturated heterocycles. The Bertz CT molecular complexity index is 1020. The summed E-state index contributed by atoms with van der Waals surface area (Å²) < 4.78 is 7.37. The number of hydrogen-bond donors (Lipinski definition) is 1. The van der Waals surface area contributed by atoms with Crippen molar-refractivity contribution in [2.45, 2.75) is 25.9 Å². The van der Waals surface area contributed by atoms with Gasteiger partial charge in [0.05, 0.1) is 16.7 Å². The van der Waals surface area contributed by atoms with Crippen molar-refractivity contribution in [2.75, 3.05) is 13.2 Å². The predicted molar refractivity (Wildman–Crippen MR) is 101 cm³/mol. The number of nitrogens with zero attached hydrogens (tertiary/aromatic N) is 3. The number of carbonyl (C=O) groups excluding carboxylic acids is 1. The van der Waals surface area contributed by atoms with E-state index in [9.17, 15) is 14.9 Å². The second-order valence-electron chi connectivity index (χ2n) is 6.45. The lowest BCUT2D eigenvalue weighted by Gasteiger charge is -2.10. The maximum absolute atomic E-state index is 12.5. The molecule has 3 heterocycles. The van der Waals surface area contributed by atoms with Crippen LogP contribution in [0.1, 0.15) is 28.2 Å². The highest BCUT2D eigenvalue weighted by atomic mass is 32.1. The lowest BCUT2D eigenvalue weighted by molar-refractivity contribution is -0.384. The van der Waals surface area contributed by atoms with Crippen LogP contribution >= 0.6 is 11.3 Å². The molecule has 1 aromatic carbocycles. The second-order valence-corrected chi connectivity index (χ2v) is 7.43. The summed E-state index contributed by atoms with van der Waals surface area (Å²) in [6, 6.07) is 6.36. The molecule has 0 aliphatic carbocycles. The van der Waals surface area contributed by atoms with Gasteiger partial charge in [-0.2, -0.15) is 0 Å². The van der Waals surface area contributed by atoms with Gasteiger partial charge in [0.15, 0.2) is 4.96 Å². The van der Waals surface area contributed by atoms with E-state index < -0.39 is 4.92 Å². The number of benzene rings is 1. The van der Waals surface area contributed by atoms with Crippen molar-refractivity contribution in [3.05, 3.63) is 51.1 Å². The van der Waals surface area contributed by atoms with Crippen molar-refractivity contribution in [2.24, 2.45) is 0 Å². The van der Waals surface area contributed by atoms with Crippen LogP contribution in [0.5, 0.6) is 0 Å². The number of carbonyl (C=O) groups is 1. The summed E-state index contributed by atoms with van der Waals surface area (Å²) >= 11 is 1.31. The number of non-ortho nitro benzene ring substituents is 1. The zero-order valence-electron chi connectivity index (χ0n) is 14.7. The van der Waals surface area contributed by atoms with Crippen LogP contribution in [-0.2, 0) is 4.74 Å². The number of imidazole rings is 1. The van der Waals surface area contributed by atoms with Crippen LogP contribution in [-0.4, -0.2) is 39.5 Å². The number of amides is 1. The molecule has 4 rings (SSSR count). The summed E-state index contributed by atoms with van der Waals surface area (Å²) in [6.07, 6.45) is 3.91. The number of aryl methyl sites for hydroxylation is 1. The molecule has 1 amide bonds. The lowest BCUT2D eigenvalue weighted by Crippen LogP contribution is -2.31.